The summed E-state index contributed by atoms with van der Waals surface area (Å²) >= 11 is 1.67. The normalized spacial score (nSPS) is 12.1. The van der Waals surface area contributed by atoms with Crippen molar-refractivity contribution < 1.29 is 23.4 Å². The van der Waals surface area contributed by atoms with Crippen molar-refractivity contribution in [2.75, 3.05) is 13.2 Å². The van der Waals surface area contributed by atoms with E-state index in [0.717, 1.165) is 27.6 Å². The quantitative estimate of drug-likeness (QED) is 0.250. The number of aromatic nitrogens is 1. The molecule has 6 nitrogen and oxygen atoms in total. The van der Waals surface area contributed by atoms with E-state index in [4.69, 9.17) is 18.6 Å². The lowest BCUT2D eigenvalue weighted by molar-refractivity contribution is -0.144. The number of ether oxygens (including phenoxy) is 3. The van der Waals surface area contributed by atoms with Crippen molar-refractivity contribution in [2.24, 2.45) is 0 Å². The molecule has 0 N–H and O–H groups in total. The summed E-state index contributed by atoms with van der Waals surface area (Å²) < 4.78 is 23.7. The molecule has 2 aromatic heterocycles. The molecule has 1 unspecified atom stereocenters. The molecule has 2 heterocycles. The fourth-order valence-corrected chi connectivity index (χ4v) is 4.38. The second-order valence-electron chi connectivity index (χ2n) is 7.60. The molecule has 0 saturated carbocycles. The van der Waals surface area contributed by atoms with Gasteiger partial charge in [-0.2, -0.15) is 0 Å². The fourth-order valence-electron chi connectivity index (χ4n) is 3.39. The fraction of sp³-hybridized carbons (Fsp3) is 0.308. The smallest absolute Gasteiger partial charge is 0.308 e. The van der Waals surface area contributed by atoms with Gasteiger partial charge in [0.15, 0.2) is 0 Å². The molecule has 0 aliphatic heterocycles. The summed E-state index contributed by atoms with van der Waals surface area (Å²) in [6.07, 6.45) is 0.120. The first kappa shape index (κ1) is 23.0. The van der Waals surface area contributed by atoms with Crippen LogP contribution < -0.4 is 4.74 Å². The van der Waals surface area contributed by atoms with Gasteiger partial charge < -0.3 is 18.6 Å². The molecule has 1 atom stereocenters. The van der Waals surface area contributed by atoms with Crippen molar-refractivity contribution in [3.63, 3.8) is 0 Å². The van der Waals surface area contributed by atoms with E-state index in [0.29, 0.717) is 25.7 Å². The van der Waals surface area contributed by atoms with Gasteiger partial charge in [0.1, 0.15) is 23.8 Å². The number of benzene rings is 2. The van der Waals surface area contributed by atoms with E-state index in [-0.39, 0.29) is 18.5 Å². The lowest BCUT2D eigenvalue weighted by atomic mass is 10.1. The molecule has 0 fully saturated rings. The van der Waals surface area contributed by atoms with Crippen LogP contribution in [0.2, 0.25) is 0 Å². The Labute approximate surface area is 197 Å². The van der Waals surface area contributed by atoms with Crippen LogP contribution in [-0.4, -0.2) is 24.2 Å². The second kappa shape index (κ2) is 10.6. The van der Waals surface area contributed by atoms with Crippen LogP contribution in [0.4, 0.5) is 0 Å². The molecule has 0 aliphatic rings. The molecule has 172 valence electrons. The minimum absolute atomic E-state index is 0.130. The van der Waals surface area contributed by atoms with Crippen LogP contribution in [-0.2, 0) is 20.9 Å². The highest BCUT2D eigenvalue weighted by molar-refractivity contribution is 7.22. The lowest BCUT2D eigenvalue weighted by Crippen LogP contribution is -2.09. The Bertz CT molecular complexity index is 1180. The van der Waals surface area contributed by atoms with Crippen LogP contribution in [0.5, 0.6) is 5.75 Å². The van der Waals surface area contributed by atoms with Gasteiger partial charge in [0.2, 0.25) is 5.89 Å². The van der Waals surface area contributed by atoms with Crippen LogP contribution >= 0.6 is 11.3 Å². The zero-order chi connectivity index (χ0) is 23.2. The molecular weight excluding hydrogens is 438 g/mol. The largest absolute Gasteiger partial charge is 0.487 e. The van der Waals surface area contributed by atoms with E-state index in [1.807, 2.05) is 50.2 Å². The molecule has 7 heteroatoms. The van der Waals surface area contributed by atoms with Crippen molar-refractivity contribution >= 4 is 27.4 Å². The topological polar surface area (TPSA) is 70.8 Å². The predicted octanol–water partition coefficient (Wildman–Crippen LogP) is 6.47. The van der Waals surface area contributed by atoms with E-state index >= 15 is 0 Å². The first-order valence-corrected chi connectivity index (χ1v) is 11.8. The Morgan fingerprint density at radius 1 is 1.15 bits per heavy atom. The molecule has 0 saturated heterocycles. The summed E-state index contributed by atoms with van der Waals surface area (Å²) in [5.74, 6) is 1.87. The van der Waals surface area contributed by atoms with Crippen molar-refractivity contribution in [1.29, 1.82) is 0 Å². The maximum atomic E-state index is 11.4. The van der Waals surface area contributed by atoms with Crippen LogP contribution in [0.3, 0.4) is 0 Å². The Morgan fingerprint density at radius 2 is 1.94 bits per heavy atom. The van der Waals surface area contributed by atoms with Crippen molar-refractivity contribution in [1.82, 2.24) is 4.98 Å². The Balaban J connectivity index is 1.32. The van der Waals surface area contributed by atoms with Gasteiger partial charge in [-0.05, 0) is 56.0 Å². The highest BCUT2D eigenvalue weighted by atomic mass is 32.1. The number of carbonyl (C=O) groups is 1. The minimum Gasteiger partial charge on any atom is -0.487 e. The van der Waals surface area contributed by atoms with Crippen molar-refractivity contribution in [2.45, 2.75) is 39.9 Å². The monoisotopic (exact) mass is 465 g/mol. The van der Waals surface area contributed by atoms with Gasteiger partial charge in [-0.1, -0.05) is 30.3 Å². The van der Waals surface area contributed by atoms with E-state index in [2.05, 4.69) is 23.2 Å². The summed E-state index contributed by atoms with van der Waals surface area (Å²) in [5, 5.41) is 1.19. The molecule has 33 heavy (non-hydrogen) atoms. The summed E-state index contributed by atoms with van der Waals surface area (Å²) in [6, 6.07) is 18.1. The number of fused-ring (bicyclic) bond motifs is 1. The number of hydrogen-bond acceptors (Lipinski definition) is 7. The van der Waals surface area contributed by atoms with Gasteiger partial charge in [0.25, 0.3) is 0 Å². The molecule has 0 amide bonds. The number of nitrogens with zero attached hydrogens (tertiary/aromatic N) is 1. The standard InChI is InChI=1S/C26H27NO5S/c1-4-29-25(28)13-14-30-17(2)19-9-11-21(12-10-19)31-16-22-18(3)32-26(27-22)24-15-20-7-5-6-8-23(20)33-24/h5-12,15,17H,4,13-14,16H2,1-3H3. The third kappa shape index (κ3) is 5.80. The van der Waals surface area contributed by atoms with Crippen LogP contribution in [0.25, 0.3) is 20.9 Å². The molecule has 0 radical (unpaired) electrons. The lowest BCUT2D eigenvalue weighted by Gasteiger charge is -2.14. The number of carbonyl (C=O) groups excluding carboxylic acids is 1. The first-order chi connectivity index (χ1) is 16.0. The van der Waals surface area contributed by atoms with Gasteiger partial charge in [-0.15, -0.1) is 11.3 Å². The molecule has 0 spiro atoms. The Morgan fingerprint density at radius 3 is 2.70 bits per heavy atom. The molecule has 2 aromatic carbocycles. The average molecular weight is 466 g/mol. The maximum Gasteiger partial charge on any atom is 0.308 e. The first-order valence-electron chi connectivity index (χ1n) is 11.0. The molecule has 0 aliphatic carbocycles. The van der Waals surface area contributed by atoms with E-state index < -0.39 is 0 Å². The van der Waals surface area contributed by atoms with Crippen molar-refractivity contribution in [3.05, 3.63) is 71.6 Å². The number of hydrogen-bond donors (Lipinski definition) is 0. The zero-order valence-corrected chi connectivity index (χ0v) is 19.8. The number of aryl methyl sites for hydroxylation is 1. The Kier molecular flexibility index (Phi) is 7.42. The number of esters is 1. The third-order valence-corrected chi connectivity index (χ3v) is 6.34. The molecule has 0 bridgehead atoms. The number of oxazole rings is 1. The van der Waals surface area contributed by atoms with E-state index in [1.165, 1.54) is 10.1 Å². The summed E-state index contributed by atoms with van der Waals surface area (Å²) in [4.78, 5) is 17.1. The molecular formula is C26H27NO5S. The van der Waals surface area contributed by atoms with Gasteiger partial charge >= 0.3 is 5.97 Å². The van der Waals surface area contributed by atoms with E-state index in [9.17, 15) is 4.79 Å². The summed E-state index contributed by atoms with van der Waals surface area (Å²) in [7, 11) is 0. The average Bonchev–Trinajstić information content (AvgIpc) is 3.41. The molecule has 4 aromatic rings. The second-order valence-corrected chi connectivity index (χ2v) is 8.68. The zero-order valence-electron chi connectivity index (χ0n) is 19.0. The maximum absolute atomic E-state index is 11.4. The SMILES string of the molecule is CCOC(=O)CCOC(C)c1ccc(OCc2nc(-c3cc4ccccc4s3)oc2C)cc1. The predicted molar refractivity (Wildman–Crippen MR) is 128 cm³/mol. The van der Waals surface area contributed by atoms with Crippen LogP contribution in [0.15, 0.2) is 59.0 Å². The highest BCUT2D eigenvalue weighted by Gasteiger charge is 2.15. The van der Waals surface area contributed by atoms with Gasteiger partial charge in [0.05, 0.1) is 30.6 Å². The van der Waals surface area contributed by atoms with Crippen LogP contribution in [0.1, 0.15) is 43.4 Å². The van der Waals surface area contributed by atoms with Crippen LogP contribution in [0, 0.1) is 6.92 Å². The van der Waals surface area contributed by atoms with Gasteiger partial charge in [0, 0.05) is 4.70 Å². The van der Waals surface area contributed by atoms with E-state index in [1.54, 1.807) is 18.3 Å². The number of rotatable bonds is 10. The minimum atomic E-state index is -0.243. The van der Waals surface area contributed by atoms with Gasteiger partial charge in [-0.3, -0.25) is 4.79 Å². The number of thiophene rings is 1. The summed E-state index contributed by atoms with van der Waals surface area (Å²) in [5.41, 5.74) is 1.79. The summed E-state index contributed by atoms with van der Waals surface area (Å²) in [6.45, 7) is 6.68. The molecule has 4 rings (SSSR count). The van der Waals surface area contributed by atoms with Gasteiger partial charge in [-0.25, -0.2) is 4.98 Å². The highest BCUT2D eigenvalue weighted by Crippen LogP contribution is 2.34. The third-order valence-electron chi connectivity index (χ3n) is 5.23. The Hall–Kier alpha value is -3.16. The van der Waals surface area contributed by atoms with Crippen molar-refractivity contribution in [3.8, 4) is 16.5 Å².